The van der Waals surface area contributed by atoms with Crippen LogP contribution in [0.1, 0.15) is 11.4 Å². The summed E-state index contributed by atoms with van der Waals surface area (Å²) in [4.78, 5) is 15.9. The van der Waals surface area contributed by atoms with Crippen LogP contribution in [0.15, 0.2) is 23.4 Å². The fourth-order valence-corrected chi connectivity index (χ4v) is 2.12. The van der Waals surface area contributed by atoms with Crippen molar-refractivity contribution < 1.29 is 4.79 Å². The SMILES string of the molecule is Cc1nc(SCC(=O)Nc2cc(N)ccc2C)n[nH]1. The van der Waals surface area contributed by atoms with E-state index < -0.39 is 0 Å². The molecule has 0 unspecified atom stereocenters. The molecule has 100 valence electrons. The minimum absolute atomic E-state index is 0.110. The number of aryl methyl sites for hydroxylation is 2. The van der Waals surface area contributed by atoms with Crippen molar-refractivity contribution in [1.82, 2.24) is 15.2 Å². The van der Waals surface area contributed by atoms with E-state index in [9.17, 15) is 4.79 Å². The molecule has 0 radical (unpaired) electrons. The molecule has 1 amide bonds. The maximum absolute atomic E-state index is 11.8. The zero-order valence-electron chi connectivity index (χ0n) is 10.7. The van der Waals surface area contributed by atoms with Crippen molar-refractivity contribution in [3.8, 4) is 0 Å². The second-order valence-electron chi connectivity index (χ2n) is 4.11. The molecule has 7 heteroatoms. The van der Waals surface area contributed by atoms with E-state index in [1.54, 1.807) is 12.1 Å². The molecule has 0 aliphatic carbocycles. The number of hydrogen-bond donors (Lipinski definition) is 3. The number of anilines is 2. The topological polar surface area (TPSA) is 96.7 Å². The lowest BCUT2D eigenvalue weighted by molar-refractivity contribution is -0.113. The molecule has 2 aromatic rings. The summed E-state index contributed by atoms with van der Waals surface area (Å²) in [6.45, 7) is 3.73. The molecule has 0 spiro atoms. The lowest BCUT2D eigenvalue weighted by Gasteiger charge is -2.08. The van der Waals surface area contributed by atoms with Crippen LogP contribution in [0.4, 0.5) is 11.4 Å². The fraction of sp³-hybridized carbons (Fsp3) is 0.250. The summed E-state index contributed by atoms with van der Waals surface area (Å²) in [5.74, 6) is 0.877. The Hall–Kier alpha value is -2.02. The van der Waals surface area contributed by atoms with Gasteiger partial charge in [0.15, 0.2) is 0 Å². The van der Waals surface area contributed by atoms with Gasteiger partial charge in [0, 0.05) is 11.4 Å². The fourth-order valence-electron chi connectivity index (χ4n) is 1.48. The van der Waals surface area contributed by atoms with Gasteiger partial charge in [0.05, 0.1) is 5.75 Å². The number of nitrogen functional groups attached to an aromatic ring is 1. The molecule has 6 nitrogen and oxygen atoms in total. The molecule has 2 rings (SSSR count). The second kappa shape index (κ2) is 5.75. The van der Waals surface area contributed by atoms with Crippen LogP contribution in [0.5, 0.6) is 0 Å². The van der Waals surface area contributed by atoms with Crippen LogP contribution in [-0.4, -0.2) is 26.8 Å². The molecule has 4 N–H and O–H groups in total. The van der Waals surface area contributed by atoms with Gasteiger partial charge in [-0.3, -0.25) is 9.89 Å². The summed E-state index contributed by atoms with van der Waals surface area (Å²) < 4.78 is 0. The maximum Gasteiger partial charge on any atom is 0.234 e. The zero-order chi connectivity index (χ0) is 13.8. The average molecular weight is 277 g/mol. The van der Waals surface area contributed by atoms with Gasteiger partial charge in [-0.15, -0.1) is 5.10 Å². The lowest BCUT2D eigenvalue weighted by Crippen LogP contribution is -2.15. The van der Waals surface area contributed by atoms with Crippen LogP contribution < -0.4 is 11.1 Å². The van der Waals surface area contributed by atoms with Crippen molar-refractivity contribution in [3.63, 3.8) is 0 Å². The molecular weight excluding hydrogens is 262 g/mol. The highest BCUT2D eigenvalue weighted by Gasteiger charge is 2.08. The summed E-state index contributed by atoms with van der Waals surface area (Å²) in [6, 6.07) is 5.42. The Morgan fingerprint density at radius 1 is 1.47 bits per heavy atom. The standard InChI is InChI=1S/C12H15N5OS/c1-7-3-4-9(13)5-10(7)15-11(18)6-19-12-14-8(2)16-17-12/h3-5H,6,13H2,1-2H3,(H,15,18)(H,14,16,17). The molecule has 1 aromatic heterocycles. The molecule has 1 heterocycles. The number of carbonyl (C=O) groups is 1. The van der Waals surface area contributed by atoms with Crippen molar-refractivity contribution in [2.45, 2.75) is 19.0 Å². The largest absolute Gasteiger partial charge is 0.399 e. The molecule has 0 saturated carbocycles. The quantitative estimate of drug-likeness (QED) is 0.584. The number of amides is 1. The second-order valence-corrected chi connectivity index (χ2v) is 5.06. The van der Waals surface area contributed by atoms with Gasteiger partial charge in [-0.25, -0.2) is 4.98 Å². The smallest absolute Gasteiger partial charge is 0.234 e. The summed E-state index contributed by atoms with van der Waals surface area (Å²) >= 11 is 1.28. The average Bonchev–Trinajstić information content (AvgIpc) is 2.77. The normalized spacial score (nSPS) is 10.4. The van der Waals surface area contributed by atoms with E-state index in [0.717, 1.165) is 17.1 Å². The monoisotopic (exact) mass is 277 g/mol. The van der Waals surface area contributed by atoms with E-state index in [-0.39, 0.29) is 11.7 Å². The van der Waals surface area contributed by atoms with Crippen LogP contribution >= 0.6 is 11.8 Å². The first kappa shape index (κ1) is 13.4. The highest BCUT2D eigenvalue weighted by Crippen LogP contribution is 2.19. The van der Waals surface area contributed by atoms with Crippen molar-refractivity contribution >= 4 is 29.0 Å². The molecular formula is C12H15N5OS. The van der Waals surface area contributed by atoms with Crippen molar-refractivity contribution in [1.29, 1.82) is 0 Å². The number of nitrogens with two attached hydrogens (primary N) is 1. The molecule has 0 atom stereocenters. The highest BCUT2D eigenvalue weighted by atomic mass is 32.2. The Balaban J connectivity index is 1.92. The van der Waals surface area contributed by atoms with E-state index in [2.05, 4.69) is 20.5 Å². The summed E-state index contributed by atoms with van der Waals surface area (Å²) in [5.41, 5.74) is 8.02. The summed E-state index contributed by atoms with van der Waals surface area (Å²) in [7, 11) is 0. The first-order valence-corrected chi connectivity index (χ1v) is 6.71. The van der Waals surface area contributed by atoms with E-state index in [1.165, 1.54) is 11.8 Å². The van der Waals surface area contributed by atoms with Crippen LogP contribution in [-0.2, 0) is 4.79 Å². The Kier molecular flexibility index (Phi) is 4.06. The predicted molar refractivity (Wildman–Crippen MR) is 76.1 cm³/mol. The minimum atomic E-state index is -0.110. The molecule has 0 aliphatic heterocycles. The molecule has 1 aromatic carbocycles. The van der Waals surface area contributed by atoms with E-state index >= 15 is 0 Å². The Morgan fingerprint density at radius 2 is 2.26 bits per heavy atom. The molecule has 0 fully saturated rings. The number of rotatable bonds is 4. The number of nitrogens with zero attached hydrogens (tertiary/aromatic N) is 2. The number of aromatic nitrogens is 3. The Bertz CT molecular complexity index is 596. The predicted octanol–water partition coefficient (Wildman–Crippen LogP) is 1.73. The number of nitrogens with one attached hydrogen (secondary N) is 2. The van der Waals surface area contributed by atoms with Crippen molar-refractivity contribution in [2.24, 2.45) is 0 Å². The van der Waals surface area contributed by atoms with Crippen LogP contribution in [0.3, 0.4) is 0 Å². The molecule has 19 heavy (non-hydrogen) atoms. The highest BCUT2D eigenvalue weighted by molar-refractivity contribution is 7.99. The van der Waals surface area contributed by atoms with Gasteiger partial charge < -0.3 is 11.1 Å². The van der Waals surface area contributed by atoms with Crippen LogP contribution in [0.2, 0.25) is 0 Å². The number of H-pyrrole nitrogens is 1. The summed E-state index contributed by atoms with van der Waals surface area (Å²) in [6.07, 6.45) is 0. The minimum Gasteiger partial charge on any atom is -0.399 e. The number of benzene rings is 1. The third kappa shape index (κ3) is 3.72. The summed E-state index contributed by atoms with van der Waals surface area (Å²) in [5, 5.41) is 10.1. The Labute approximate surface area is 115 Å². The Morgan fingerprint density at radius 3 is 2.95 bits per heavy atom. The molecule has 0 bridgehead atoms. The number of hydrogen-bond acceptors (Lipinski definition) is 5. The molecule has 0 saturated heterocycles. The van der Waals surface area contributed by atoms with Gasteiger partial charge in [-0.05, 0) is 31.5 Å². The van der Waals surface area contributed by atoms with Crippen LogP contribution in [0, 0.1) is 13.8 Å². The van der Waals surface area contributed by atoms with Crippen molar-refractivity contribution in [3.05, 3.63) is 29.6 Å². The maximum atomic E-state index is 11.8. The van der Waals surface area contributed by atoms with E-state index in [4.69, 9.17) is 5.73 Å². The van der Waals surface area contributed by atoms with Gasteiger partial charge in [0.25, 0.3) is 0 Å². The van der Waals surface area contributed by atoms with Gasteiger partial charge in [0.1, 0.15) is 5.82 Å². The first-order valence-electron chi connectivity index (χ1n) is 5.72. The number of thioether (sulfide) groups is 1. The first-order chi connectivity index (χ1) is 9.04. The molecule has 0 aliphatic rings. The third-order valence-corrected chi connectivity index (χ3v) is 3.29. The van der Waals surface area contributed by atoms with Gasteiger partial charge >= 0.3 is 0 Å². The van der Waals surface area contributed by atoms with Crippen LogP contribution in [0.25, 0.3) is 0 Å². The van der Waals surface area contributed by atoms with E-state index in [1.807, 2.05) is 19.9 Å². The van der Waals surface area contributed by atoms with Crippen molar-refractivity contribution in [2.75, 3.05) is 16.8 Å². The van der Waals surface area contributed by atoms with Gasteiger partial charge in [-0.2, -0.15) is 0 Å². The number of aromatic amines is 1. The van der Waals surface area contributed by atoms with Gasteiger partial charge in [-0.1, -0.05) is 17.8 Å². The van der Waals surface area contributed by atoms with E-state index in [0.29, 0.717) is 10.8 Å². The zero-order valence-corrected chi connectivity index (χ0v) is 11.5. The third-order valence-electron chi connectivity index (χ3n) is 2.44. The number of carbonyl (C=O) groups excluding carboxylic acids is 1. The lowest BCUT2D eigenvalue weighted by atomic mass is 10.2. The van der Waals surface area contributed by atoms with Gasteiger partial charge in [0.2, 0.25) is 11.1 Å².